The maximum absolute atomic E-state index is 12.8. The van der Waals surface area contributed by atoms with Gasteiger partial charge in [-0.3, -0.25) is 0 Å². The van der Waals surface area contributed by atoms with Crippen LogP contribution in [-0.4, -0.2) is 46.0 Å². The standard InChI is InChI=1S/C15H22N2O3S.ClH/c1-12-9-13(3-4-14(12)20-2)21(18,19)17-8-6-15(11-17)5-7-16-10-15;/h3-4,9,16H,5-8,10-11H2,1-2H3;1H. The lowest BCUT2D eigenvalue weighted by Gasteiger charge is -2.22. The topological polar surface area (TPSA) is 58.6 Å². The van der Waals surface area contributed by atoms with Gasteiger partial charge in [0.15, 0.2) is 0 Å². The minimum Gasteiger partial charge on any atom is -0.496 e. The molecule has 2 aliphatic rings. The summed E-state index contributed by atoms with van der Waals surface area (Å²) in [6.07, 6.45) is 2.02. The van der Waals surface area contributed by atoms with E-state index in [1.165, 1.54) is 0 Å². The SMILES string of the molecule is COc1ccc(S(=O)(=O)N2CCC3(CCNC3)C2)cc1C.Cl. The lowest BCUT2D eigenvalue weighted by Crippen LogP contribution is -2.33. The van der Waals surface area contributed by atoms with Crippen LogP contribution in [0.25, 0.3) is 0 Å². The van der Waals surface area contributed by atoms with Crippen molar-refractivity contribution >= 4 is 22.4 Å². The van der Waals surface area contributed by atoms with E-state index in [-0.39, 0.29) is 17.8 Å². The van der Waals surface area contributed by atoms with Crippen LogP contribution >= 0.6 is 12.4 Å². The van der Waals surface area contributed by atoms with E-state index in [2.05, 4.69) is 5.32 Å². The molecule has 0 aromatic heterocycles. The van der Waals surface area contributed by atoms with Gasteiger partial charge in [0.1, 0.15) is 5.75 Å². The molecule has 3 rings (SSSR count). The summed E-state index contributed by atoms with van der Waals surface area (Å²) in [5, 5.41) is 3.35. The Balaban J connectivity index is 0.00000176. The van der Waals surface area contributed by atoms with E-state index >= 15 is 0 Å². The molecule has 124 valence electrons. The molecule has 0 amide bonds. The lowest BCUT2D eigenvalue weighted by atomic mass is 9.87. The Bertz CT molecular complexity index is 642. The lowest BCUT2D eigenvalue weighted by molar-refractivity contribution is 0.338. The van der Waals surface area contributed by atoms with Gasteiger partial charge < -0.3 is 10.1 Å². The molecule has 1 atom stereocenters. The van der Waals surface area contributed by atoms with Crippen molar-refractivity contribution in [2.75, 3.05) is 33.3 Å². The van der Waals surface area contributed by atoms with Gasteiger partial charge in [-0.05, 0) is 55.5 Å². The van der Waals surface area contributed by atoms with Crippen molar-refractivity contribution in [3.8, 4) is 5.75 Å². The number of sulfonamides is 1. The third kappa shape index (κ3) is 2.97. The molecule has 1 unspecified atom stereocenters. The van der Waals surface area contributed by atoms with Gasteiger partial charge in [-0.25, -0.2) is 8.42 Å². The highest BCUT2D eigenvalue weighted by molar-refractivity contribution is 7.89. The van der Waals surface area contributed by atoms with Crippen LogP contribution in [0.3, 0.4) is 0 Å². The zero-order valence-corrected chi connectivity index (χ0v) is 14.6. The Morgan fingerprint density at radius 1 is 1.32 bits per heavy atom. The molecule has 2 aliphatic heterocycles. The first kappa shape index (κ1) is 17.5. The molecule has 0 aliphatic carbocycles. The summed E-state index contributed by atoms with van der Waals surface area (Å²) in [5.41, 5.74) is 0.990. The molecule has 0 bridgehead atoms. The Morgan fingerprint density at radius 3 is 2.68 bits per heavy atom. The summed E-state index contributed by atoms with van der Waals surface area (Å²) in [7, 11) is -1.81. The number of ether oxygens (including phenoxy) is 1. The fourth-order valence-electron chi connectivity index (χ4n) is 3.40. The number of hydrogen-bond acceptors (Lipinski definition) is 4. The minimum atomic E-state index is -3.40. The number of halogens is 1. The number of nitrogens with zero attached hydrogens (tertiary/aromatic N) is 1. The number of methoxy groups -OCH3 is 1. The van der Waals surface area contributed by atoms with Crippen LogP contribution in [0.15, 0.2) is 23.1 Å². The maximum Gasteiger partial charge on any atom is 0.243 e. The Morgan fingerprint density at radius 2 is 2.09 bits per heavy atom. The first-order chi connectivity index (χ1) is 9.97. The van der Waals surface area contributed by atoms with Crippen LogP contribution in [0, 0.1) is 12.3 Å². The molecule has 0 saturated carbocycles. The molecule has 1 aromatic carbocycles. The van der Waals surface area contributed by atoms with Gasteiger partial charge in [-0.2, -0.15) is 4.31 Å². The average molecular weight is 347 g/mol. The van der Waals surface area contributed by atoms with Gasteiger partial charge in [0.2, 0.25) is 10.0 Å². The van der Waals surface area contributed by atoms with E-state index in [0.717, 1.165) is 31.5 Å². The van der Waals surface area contributed by atoms with E-state index in [4.69, 9.17) is 4.74 Å². The van der Waals surface area contributed by atoms with Crippen molar-refractivity contribution in [2.45, 2.75) is 24.7 Å². The molecular weight excluding hydrogens is 324 g/mol. The fourth-order valence-corrected chi connectivity index (χ4v) is 5.04. The highest BCUT2D eigenvalue weighted by Gasteiger charge is 2.44. The molecule has 22 heavy (non-hydrogen) atoms. The quantitative estimate of drug-likeness (QED) is 0.906. The van der Waals surface area contributed by atoms with E-state index in [1.54, 1.807) is 29.6 Å². The number of nitrogens with one attached hydrogen (secondary N) is 1. The summed E-state index contributed by atoms with van der Waals surface area (Å²) in [5.74, 6) is 0.715. The summed E-state index contributed by atoms with van der Waals surface area (Å²) in [4.78, 5) is 0.365. The second-order valence-corrected chi connectivity index (χ2v) is 8.08. The second-order valence-electron chi connectivity index (χ2n) is 6.15. The molecular formula is C15H23ClN2O3S. The first-order valence-corrected chi connectivity index (χ1v) is 8.76. The largest absolute Gasteiger partial charge is 0.496 e. The van der Waals surface area contributed by atoms with E-state index in [9.17, 15) is 8.42 Å². The summed E-state index contributed by atoms with van der Waals surface area (Å²) in [6, 6.07) is 5.07. The smallest absolute Gasteiger partial charge is 0.243 e. The minimum absolute atomic E-state index is 0. The predicted octanol–water partition coefficient (Wildman–Crippen LogP) is 1.80. The second kappa shape index (κ2) is 6.35. The molecule has 0 radical (unpaired) electrons. The molecule has 1 N–H and O–H groups in total. The zero-order chi connectivity index (χ0) is 15.1. The number of hydrogen-bond donors (Lipinski definition) is 1. The normalized spacial score (nSPS) is 25.4. The fraction of sp³-hybridized carbons (Fsp3) is 0.600. The third-order valence-corrected chi connectivity index (χ3v) is 6.58. The number of rotatable bonds is 3. The average Bonchev–Trinajstić information content (AvgIpc) is 3.10. The van der Waals surface area contributed by atoms with E-state index in [0.29, 0.717) is 23.7 Å². The summed E-state index contributed by atoms with van der Waals surface area (Å²) in [6.45, 7) is 5.04. The van der Waals surface area contributed by atoms with Crippen molar-refractivity contribution in [1.29, 1.82) is 0 Å². The Kier molecular flexibility index (Phi) is 5.06. The van der Waals surface area contributed by atoms with Crippen molar-refractivity contribution in [1.82, 2.24) is 9.62 Å². The summed E-state index contributed by atoms with van der Waals surface area (Å²) >= 11 is 0. The molecule has 1 spiro atoms. The van der Waals surface area contributed by atoms with E-state index in [1.807, 2.05) is 6.92 Å². The molecule has 2 saturated heterocycles. The van der Waals surface area contributed by atoms with Crippen molar-refractivity contribution in [3.63, 3.8) is 0 Å². The zero-order valence-electron chi connectivity index (χ0n) is 13.0. The molecule has 5 nitrogen and oxygen atoms in total. The van der Waals surface area contributed by atoms with Crippen LogP contribution in [0.2, 0.25) is 0 Å². The molecule has 7 heteroatoms. The van der Waals surface area contributed by atoms with Crippen molar-refractivity contribution in [3.05, 3.63) is 23.8 Å². The molecule has 2 fully saturated rings. The monoisotopic (exact) mass is 346 g/mol. The van der Waals surface area contributed by atoms with E-state index < -0.39 is 10.0 Å². The highest BCUT2D eigenvalue weighted by atomic mass is 35.5. The van der Waals surface area contributed by atoms with Gasteiger partial charge >= 0.3 is 0 Å². The van der Waals surface area contributed by atoms with Crippen LogP contribution in [0.1, 0.15) is 18.4 Å². The van der Waals surface area contributed by atoms with Crippen LogP contribution in [0.5, 0.6) is 5.75 Å². The van der Waals surface area contributed by atoms with Crippen molar-refractivity contribution < 1.29 is 13.2 Å². The third-order valence-electron chi connectivity index (χ3n) is 4.74. The van der Waals surface area contributed by atoms with Crippen molar-refractivity contribution in [2.24, 2.45) is 5.41 Å². The predicted molar refractivity (Wildman–Crippen MR) is 88.3 cm³/mol. The van der Waals surface area contributed by atoms with Gasteiger partial charge in [0.05, 0.1) is 12.0 Å². The molecule has 2 heterocycles. The van der Waals surface area contributed by atoms with Gasteiger partial charge in [-0.1, -0.05) is 0 Å². The summed E-state index contributed by atoms with van der Waals surface area (Å²) < 4.78 is 32.4. The number of aryl methyl sites for hydroxylation is 1. The maximum atomic E-state index is 12.8. The van der Waals surface area contributed by atoms with Gasteiger partial charge in [0, 0.05) is 19.6 Å². The van der Waals surface area contributed by atoms with Crippen LogP contribution in [-0.2, 0) is 10.0 Å². The van der Waals surface area contributed by atoms with Gasteiger partial charge in [-0.15, -0.1) is 12.4 Å². The molecule has 1 aromatic rings. The van der Waals surface area contributed by atoms with Crippen LogP contribution < -0.4 is 10.1 Å². The number of benzene rings is 1. The highest BCUT2D eigenvalue weighted by Crippen LogP contribution is 2.38. The first-order valence-electron chi connectivity index (χ1n) is 7.32. The van der Waals surface area contributed by atoms with Gasteiger partial charge in [0.25, 0.3) is 0 Å². The Hall–Kier alpha value is -0.820. The van der Waals surface area contributed by atoms with Crippen LogP contribution in [0.4, 0.5) is 0 Å². The Labute approximate surface area is 138 Å².